The summed E-state index contributed by atoms with van der Waals surface area (Å²) in [6, 6.07) is 0.485. The maximum Gasteiger partial charge on any atom is 0.189 e. The van der Waals surface area contributed by atoms with Gasteiger partial charge in [-0.1, -0.05) is 19.3 Å². The van der Waals surface area contributed by atoms with Crippen LogP contribution in [-0.4, -0.2) is 17.5 Å². The molecule has 2 rings (SSSR count). The fraction of sp³-hybridized carbons (Fsp3) is 0.909. The van der Waals surface area contributed by atoms with Crippen LogP contribution in [0.4, 0.5) is 0 Å². The molecule has 2 saturated carbocycles. The number of rotatable bonds is 2. The summed E-state index contributed by atoms with van der Waals surface area (Å²) < 4.78 is 0. The summed E-state index contributed by atoms with van der Waals surface area (Å²) in [6.07, 6.45) is 8.91. The molecule has 2 aliphatic carbocycles. The van der Waals surface area contributed by atoms with Crippen molar-refractivity contribution < 1.29 is 0 Å². The van der Waals surface area contributed by atoms with E-state index in [2.05, 4.69) is 17.2 Å². The lowest BCUT2D eigenvalue weighted by Gasteiger charge is -2.19. The van der Waals surface area contributed by atoms with Gasteiger partial charge in [0.2, 0.25) is 0 Å². The first-order chi connectivity index (χ1) is 6.68. The smallest absolute Gasteiger partial charge is 0.189 e. The third-order valence-corrected chi connectivity index (χ3v) is 3.33. The van der Waals surface area contributed by atoms with Gasteiger partial charge in [-0.05, 0) is 32.6 Å². The Kier molecular flexibility index (Phi) is 2.66. The second kappa shape index (κ2) is 3.79. The Morgan fingerprint density at radius 2 is 1.93 bits per heavy atom. The molecule has 0 atom stereocenters. The van der Waals surface area contributed by atoms with Gasteiger partial charge in [-0.3, -0.25) is 4.99 Å². The number of hydrogen-bond acceptors (Lipinski definition) is 1. The van der Waals surface area contributed by atoms with Crippen molar-refractivity contribution in [1.29, 1.82) is 0 Å². The lowest BCUT2D eigenvalue weighted by Crippen LogP contribution is -2.40. The lowest BCUT2D eigenvalue weighted by molar-refractivity contribution is 0.441. The van der Waals surface area contributed by atoms with Crippen molar-refractivity contribution in [3.8, 4) is 0 Å². The second-order valence-electron chi connectivity index (χ2n) is 4.99. The molecule has 0 unspecified atom stereocenters. The molecule has 0 spiro atoms. The van der Waals surface area contributed by atoms with Crippen molar-refractivity contribution in [2.24, 2.45) is 10.7 Å². The van der Waals surface area contributed by atoms with E-state index >= 15 is 0 Å². The maximum atomic E-state index is 5.87. The van der Waals surface area contributed by atoms with Crippen molar-refractivity contribution in [2.75, 3.05) is 0 Å². The SMILES string of the molecule is CC1(NC(N)=NC2CCCCC2)CC1. The van der Waals surface area contributed by atoms with E-state index in [0.29, 0.717) is 12.0 Å². The van der Waals surface area contributed by atoms with E-state index in [-0.39, 0.29) is 5.54 Å². The van der Waals surface area contributed by atoms with Crippen molar-refractivity contribution in [2.45, 2.75) is 63.5 Å². The van der Waals surface area contributed by atoms with E-state index in [1.807, 2.05) is 0 Å². The van der Waals surface area contributed by atoms with E-state index in [9.17, 15) is 0 Å². The first-order valence-electron chi connectivity index (χ1n) is 5.79. The number of nitrogens with zero attached hydrogens (tertiary/aromatic N) is 1. The minimum atomic E-state index is 0.266. The Hall–Kier alpha value is -0.730. The van der Waals surface area contributed by atoms with Gasteiger partial charge in [0.05, 0.1) is 6.04 Å². The van der Waals surface area contributed by atoms with E-state index in [0.717, 1.165) is 0 Å². The standard InChI is InChI=1S/C11H21N3/c1-11(7-8-11)14-10(12)13-9-5-3-2-4-6-9/h9H,2-8H2,1H3,(H3,12,13,14). The van der Waals surface area contributed by atoms with Crippen molar-refractivity contribution in [1.82, 2.24) is 5.32 Å². The van der Waals surface area contributed by atoms with Crippen LogP contribution in [0.25, 0.3) is 0 Å². The summed E-state index contributed by atoms with van der Waals surface area (Å²) in [7, 11) is 0. The zero-order valence-corrected chi connectivity index (χ0v) is 9.05. The highest BCUT2D eigenvalue weighted by Crippen LogP contribution is 2.34. The summed E-state index contributed by atoms with van der Waals surface area (Å²) >= 11 is 0. The van der Waals surface area contributed by atoms with Crippen LogP contribution < -0.4 is 11.1 Å². The Morgan fingerprint density at radius 3 is 2.50 bits per heavy atom. The normalized spacial score (nSPS) is 27.4. The largest absolute Gasteiger partial charge is 0.370 e. The Morgan fingerprint density at radius 1 is 1.29 bits per heavy atom. The maximum absolute atomic E-state index is 5.87. The Balaban J connectivity index is 1.82. The highest BCUT2D eigenvalue weighted by atomic mass is 15.2. The van der Waals surface area contributed by atoms with Gasteiger partial charge in [-0.15, -0.1) is 0 Å². The molecule has 0 amide bonds. The van der Waals surface area contributed by atoms with Crippen LogP contribution >= 0.6 is 0 Å². The summed E-state index contributed by atoms with van der Waals surface area (Å²) in [4.78, 5) is 4.54. The Bertz CT molecular complexity index is 225. The molecule has 80 valence electrons. The molecule has 3 heteroatoms. The van der Waals surface area contributed by atoms with Crippen molar-refractivity contribution >= 4 is 5.96 Å². The molecule has 0 radical (unpaired) electrons. The molecule has 3 N–H and O–H groups in total. The third kappa shape index (κ3) is 2.63. The van der Waals surface area contributed by atoms with E-state index < -0.39 is 0 Å². The summed E-state index contributed by atoms with van der Waals surface area (Å²) in [6.45, 7) is 2.20. The predicted octanol–water partition coefficient (Wildman–Crippen LogP) is 1.78. The molecular weight excluding hydrogens is 174 g/mol. The van der Waals surface area contributed by atoms with Gasteiger partial charge in [0.25, 0.3) is 0 Å². The van der Waals surface area contributed by atoms with Crippen molar-refractivity contribution in [3.63, 3.8) is 0 Å². The number of nitrogens with two attached hydrogens (primary N) is 1. The zero-order chi connectivity index (χ0) is 10.0. The second-order valence-corrected chi connectivity index (χ2v) is 4.99. The molecule has 2 fully saturated rings. The van der Waals surface area contributed by atoms with Gasteiger partial charge in [-0.2, -0.15) is 0 Å². The molecule has 0 aromatic carbocycles. The fourth-order valence-corrected chi connectivity index (χ4v) is 2.06. The molecule has 0 aromatic heterocycles. The van der Waals surface area contributed by atoms with Crippen LogP contribution in [0.5, 0.6) is 0 Å². The molecular formula is C11H21N3. The molecule has 0 aromatic rings. The quantitative estimate of drug-likeness (QED) is 0.521. The van der Waals surface area contributed by atoms with Crippen LogP contribution in [0.2, 0.25) is 0 Å². The van der Waals surface area contributed by atoms with E-state index in [1.54, 1.807) is 0 Å². The van der Waals surface area contributed by atoms with Gasteiger partial charge >= 0.3 is 0 Å². The molecule has 0 heterocycles. The zero-order valence-electron chi connectivity index (χ0n) is 9.05. The van der Waals surface area contributed by atoms with E-state index in [1.165, 1.54) is 44.9 Å². The van der Waals surface area contributed by atoms with Crippen LogP contribution in [0.1, 0.15) is 51.9 Å². The average Bonchev–Trinajstić information content (AvgIpc) is 2.84. The number of aliphatic imine (C=N–C) groups is 1. The molecule has 3 nitrogen and oxygen atoms in total. The number of nitrogens with one attached hydrogen (secondary N) is 1. The third-order valence-electron chi connectivity index (χ3n) is 3.33. The summed E-state index contributed by atoms with van der Waals surface area (Å²) in [5.41, 5.74) is 6.14. The topological polar surface area (TPSA) is 50.4 Å². The molecule has 0 bridgehead atoms. The van der Waals surface area contributed by atoms with Gasteiger partial charge < -0.3 is 11.1 Å². The van der Waals surface area contributed by atoms with Gasteiger partial charge in [-0.25, -0.2) is 0 Å². The first kappa shape index (κ1) is 9.81. The average molecular weight is 195 g/mol. The van der Waals surface area contributed by atoms with Crippen LogP contribution in [0, 0.1) is 0 Å². The van der Waals surface area contributed by atoms with Gasteiger partial charge in [0.1, 0.15) is 0 Å². The summed E-state index contributed by atoms with van der Waals surface area (Å²) in [5, 5.41) is 3.31. The van der Waals surface area contributed by atoms with Gasteiger partial charge in [0.15, 0.2) is 5.96 Å². The molecule has 0 saturated heterocycles. The predicted molar refractivity (Wildman–Crippen MR) is 59.3 cm³/mol. The van der Waals surface area contributed by atoms with Gasteiger partial charge in [0, 0.05) is 5.54 Å². The number of hydrogen-bond donors (Lipinski definition) is 2. The minimum Gasteiger partial charge on any atom is -0.370 e. The highest BCUT2D eigenvalue weighted by Gasteiger charge is 2.37. The monoisotopic (exact) mass is 195 g/mol. The fourth-order valence-electron chi connectivity index (χ4n) is 2.06. The lowest BCUT2D eigenvalue weighted by atomic mass is 9.96. The Labute approximate surface area is 86.2 Å². The van der Waals surface area contributed by atoms with Crippen LogP contribution in [-0.2, 0) is 0 Å². The molecule has 0 aliphatic heterocycles. The minimum absolute atomic E-state index is 0.266. The first-order valence-corrected chi connectivity index (χ1v) is 5.79. The highest BCUT2D eigenvalue weighted by molar-refractivity contribution is 5.79. The van der Waals surface area contributed by atoms with Crippen LogP contribution in [0.3, 0.4) is 0 Å². The summed E-state index contributed by atoms with van der Waals surface area (Å²) in [5.74, 6) is 0.664. The van der Waals surface area contributed by atoms with Crippen LogP contribution in [0.15, 0.2) is 4.99 Å². The van der Waals surface area contributed by atoms with Crippen molar-refractivity contribution in [3.05, 3.63) is 0 Å². The molecule has 14 heavy (non-hydrogen) atoms. The van der Waals surface area contributed by atoms with E-state index in [4.69, 9.17) is 5.73 Å². The molecule has 2 aliphatic rings. The number of guanidine groups is 1.